The Bertz CT molecular complexity index is 2020. The highest BCUT2D eigenvalue weighted by molar-refractivity contribution is 6.39. The topological polar surface area (TPSA) is 168 Å². The van der Waals surface area contributed by atoms with Crippen molar-refractivity contribution in [2.75, 3.05) is 35.6 Å². The lowest BCUT2D eigenvalue weighted by Crippen LogP contribution is -2.45. The summed E-state index contributed by atoms with van der Waals surface area (Å²) in [5.41, 5.74) is -0.716. The van der Waals surface area contributed by atoms with E-state index in [-0.39, 0.29) is 47.7 Å². The van der Waals surface area contributed by atoms with Gasteiger partial charge in [-0.15, -0.1) is 0 Å². The molecule has 292 valence electrons. The monoisotopic (exact) mass is 794 g/mol. The molecule has 0 radical (unpaired) electrons. The number of aromatic nitrogens is 3. The third kappa shape index (κ3) is 11.8. The maximum atomic E-state index is 15.2. The lowest BCUT2D eigenvalue weighted by atomic mass is 9.93. The summed E-state index contributed by atoms with van der Waals surface area (Å²) >= 11 is 6.01. The van der Waals surface area contributed by atoms with Gasteiger partial charge in [-0.2, -0.15) is 36.9 Å². The molecule has 1 heterocycles. The molecule has 4 aromatic rings. The molecule has 3 amide bonds. The second-order valence-corrected chi connectivity index (χ2v) is 13.5. The predicted octanol–water partition coefficient (Wildman–Crippen LogP) is 6.56. The van der Waals surface area contributed by atoms with Crippen LogP contribution in [-0.4, -0.2) is 65.2 Å². The van der Waals surface area contributed by atoms with E-state index in [1.807, 2.05) is 0 Å². The molecular weight excluding hydrogens is 762 g/mol. The van der Waals surface area contributed by atoms with Crippen LogP contribution < -0.4 is 36.1 Å². The van der Waals surface area contributed by atoms with Crippen molar-refractivity contribution in [3.05, 3.63) is 88.7 Å². The first-order chi connectivity index (χ1) is 25.9. The second-order valence-electron chi connectivity index (χ2n) is 13.1. The Morgan fingerprint density at radius 3 is 2.11 bits per heavy atom. The number of hydrogen-bond donors (Lipinski definition) is 5. The number of carbonyl (C=O) groups excluding carboxylic acids is 3. The molecule has 0 unspecified atom stereocenters. The smallest absolute Gasteiger partial charge is 0.422 e. The summed E-state index contributed by atoms with van der Waals surface area (Å²) in [4.78, 5) is 49.7. The summed E-state index contributed by atoms with van der Waals surface area (Å²) in [6.07, 6.45) is -3.34. The molecule has 55 heavy (non-hydrogen) atoms. The van der Waals surface area contributed by atoms with E-state index in [2.05, 4.69) is 46.3 Å². The predicted molar refractivity (Wildman–Crippen MR) is 188 cm³/mol. The lowest BCUT2D eigenvalue weighted by molar-refractivity contribution is -0.154. The number of alkyl halides is 5. The maximum Gasteiger partial charge on any atom is 0.422 e. The van der Waals surface area contributed by atoms with Crippen molar-refractivity contribution in [2.45, 2.75) is 45.0 Å². The van der Waals surface area contributed by atoms with Crippen LogP contribution in [0.15, 0.2) is 66.7 Å². The minimum absolute atomic E-state index is 0.0468. The minimum atomic E-state index is -4.68. The van der Waals surface area contributed by atoms with Gasteiger partial charge in [-0.25, -0.2) is 4.39 Å². The van der Waals surface area contributed by atoms with Gasteiger partial charge in [0.15, 0.2) is 6.61 Å². The molecule has 0 bridgehead atoms. The zero-order chi connectivity index (χ0) is 40.0. The first-order valence-electron chi connectivity index (χ1n) is 16.4. The number of nitrogens with one attached hydrogen (secondary N) is 5. The fourth-order valence-corrected chi connectivity index (χ4v) is 5.09. The number of anilines is 4. The standard InChI is InChI=1S/C35H33ClF6N8O5/c1-33(2,17-44-27(52)28(53)45-21-7-10-23(11-8-21)55-29(38)39)16-43-26(51)24-12-9-22(15-25(24)37)46-30-47-31(49-32(48-30)54-18-35(40,41)42)50-34(13-14-34)19-3-5-20(36)6-4-19/h3-12,15,29H,13-14,16-18H2,1-2H3,(H,43,51)(H,44,52)(H,45,53)(H2,46,47,48,49,50). The van der Waals surface area contributed by atoms with E-state index < -0.39 is 59.9 Å². The van der Waals surface area contributed by atoms with Gasteiger partial charge < -0.3 is 36.1 Å². The number of benzene rings is 3. The fraction of sp³-hybridized carbons (Fsp3) is 0.314. The summed E-state index contributed by atoms with van der Waals surface area (Å²) in [6, 6.07) is 14.7. The van der Waals surface area contributed by atoms with E-state index in [0.717, 1.165) is 11.6 Å². The first-order valence-corrected chi connectivity index (χ1v) is 16.8. The summed E-state index contributed by atoms with van der Waals surface area (Å²) in [5, 5.41) is 13.7. The third-order valence-corrected chi connectivity index (χ3v) is 8.20. The van der Waals surface area contributed by atoms with Gasteiger partial charge in [0.25, 0.3) is 5.91 Å². The van der Waals surface area contributed by atoms with E-state index >= 15 is 4.39 Å². The van der Waals surface area contributed by atoms with Gasteiger partial charge >= 0.3 is 30.6 Å². The Morgan fingerprint density at radius 1 is 0.855 bits per heavy atom. The molecule has 1 saturated carbocycles. The molecular formula is C35H33ClF6N8O5. The van der Waals surface area contributed by atoms with E-state index in [0.29, 0.717) is 17.9 Å². The highest BCUT2D eigenvalue weighted by Gasteiger charge is 2.45. The van der Waals surface area contributed by atoms with Crippen LogP contribution in [0.1, 0.15) is 42.6 Å². The molecule has 0 aliphatic heterocycles. The van der Waals surface area contributed by atoms with Crippen LogP contribution in [0.25, 0.3) is 0 Å². The van der Waals surface area contributed by atoms with Gasteiger partial charge in [-0.05, 0) is 78.4 Å². The van der Waals surface area contributed by atoms with Gasteiger partial charge in [-0.3, -0.25) is 14.4 Å². The molecule has 1 aliphatic carbocycles. The lowest BCUT2D eigenvalue weighted by Gasteiger charge is -2.25. The third-order valence-electron chi connectivity index (χ3n) is 7.95. The van der Waals surface area contributed by atoms with Crippen LogP contribution in [0.3, 0.4) is 0 Å². The zero-order valence-electron chi connectivity index (χ0n) is 29.0. The summed E-state index contributed by atoms with van der Waals surface area (Å²) < 4.78 is 87.7. The number of nitrogens with zero attached hydrogens (tertiary/aromatic N) is 3. The summed E-state index contributed by atoms with van der Waals surface area (Å²) in [5.74, 6) is -4.30. The molecule has 1 aromatic heterocycles. The Morgan fingerprint density at radius 2 is 1.49 bits per heavy atom. The summed E-state index contributed by atoms with van der Waals surface area (Å²) in [6.45, 7) is -1.49. The number of halogens is 7. The van der Waals surface area contributed by atoms with Crippen molar-refractivity contribution in [1.29, 1.82) is 0 Å². The van der Waals surface area contributed by atoms with Crippen LogP contribution in [0.4, 0.5) is 49.6 Å². The van der Waals surface area contributed by atoms with Gasteiger partial charge in [0.05, 0.1) is 11.1 Å². The van der Waals surface area contributed by atoms with Crippen molar-refractivity contribution >= 4 is 52.6 Å². The molecule has 20 heteroatoms. The largest absolute Gasteiger partial charge is 0.454 e. The zero-order valence-corrected chi connectivity index (χ0v) is 29.7. The Balaban J connectivity index is 1.17. The Kier molecular flexibility index (Phi) is 12.2. The highest BCUT2D eigenvalue weighted by atomic mass is 35.5. The number of rotatable bonds is 15. The van der Waals surface area contributed by atoms with Crippen molar-refractivity contribution in [3.63, 3.8) is 0 Å². The van der Waals surface area contributed by atoms with Gasteiger partial charge in [-0.1, -0.05) is 37.6 Å². The fourth-order valence-electron chi connectivity index (χ4n) is 4.96. The molecule has 0 saturated heterocycles. The molecule has 0 spiro atoms. The first kappa shape index (κ1) is 40.3. The average Bonchev–Trinajstić information content (AvgIpc) is 3.89. The molecule has 5 rings (SSSR count). The number of ether oxygens (including phenoxy) is 2. The van der Waals surface area contributed by atoms with Crippen molar-refractivity contribution in [2.24, 2.45) is 5.41 Å². The van der Waals surface area contributed by atoms with Crippen molar-refractivity contribution in [3.8, 4) is 11.8 Å². The van der Waals surface area contributed by atoms with E-state index in [1.54, 1.807) is 38.1 Å². The van der Waals surface area contributed by atoms with Gasteiger partial charge in [0, 0.05) is 29.5 Å². The molecule has 1 fully saturated rings. The number of hydrogen-bond acceptors (Lipinski definition) is 10. The van der Waals surface area contributed by atoms with E-state index in [1.165, 1.54) is 36.4 Å². The number of amides is 3. The normalized spacial score (nSPS) is 13.4. The average molecular weight is 795 g/mol. The molecule has 5 N–H and O–H groups in total. The van der Waals surface area contributed by atoms with E-state index in [4.69, 9.17) is 16.3 Å². The number of carbonyl (C=O) groups is 3. The van der Waals surface area contributed by atoms with Crippen LogP contribution in [0.5, 0.6) is 11.8 Å². The molecule has 1 aliphatic rings. The Hall–Kier alpha value is -5.85. The van der Waals surface area contributed by atoms with Gasteiger partial charge in [0.1, 0.15) is 11.6 Å². The van der Waals surface area contributed by atoms with Crippen LogP contribution >= 0.6 is 11.6 Å². The minimum Gasteiger partial charge on any atom is -0.454 e. The van der Waals surface area contributed by atoms with Crippen LogP contribution in [0.2, 0.25) is 5.02 Å². The molecule has 13 nitrogen and oxygen atoms in total. The SMILES string of the molecule is CC(C)(CNC(=O)C(=O)Nc1ccc(OC(F)F)cc1)CNC(=O)c1ccc(Nc2nc(NC3(c4ccc(Cl)cc4)CC3)nc(OCC(F)(F)F)n2)cc1F. The molecule has 0 atom stereocenters. The quantitative estimate of drug-likeness (QED) is 0.0657. The maximum absolute atomic E-state index is 15.2. The second kappa shape index (κ2) is 16.7. The van der Waals surface area contributed by atoms with Gasteiger partial charge in [0.2, 0.25) is 11.9 Å². The Labute approximate surface area is 314 Å². The summed E-state index contributed by atoms with van der Waals surface area (Å²) in [7, 11) is 0. The van der Waals surface area contributed by atoms with Crippen molar-refractivity contribution < 1.29 is 50.2 Å². The van der Waals surface area contributed by atoms with Crippen LogP contribution in [0, 0.1) is 11.2 Å². The van der Waals surface area contributed by atoms with Crippen molar-refractivity contribution in [1.82, 2.24) is 25.6 Å². The molecule has 3 aromatic carbocycles. The van der Waals surface area contributed by atoms with Crippen LogP contribution in [-0.2, 0) is 15.1 Å². The van der Waals surface area contributed by atoms with E-state index in [9.17, 15) is 36.3 Å². The highest BCUT2D eigenvalue weighted by Crippen LogP contribution is 2.48.